The number of ether oxygens (including phenoxy) is 1. The SMILES string of the molecule is COc1cccc(/C=C/C(=O)N2CCN(S(=O)(=O)c3cccc(C(F)(F)F)c3)CC2)c1. The van der Waals surface area contributed by atoms with Gasteiger partial charge in [0.05, 0.1) is 17.6 Å². The first-order chi connectivity index (χ1) is 14.6. The maximum atomic E-state index is 12.9. The Morgan fingerprint density at radius 1 is 1.03 bits per heavy atom. The number of benzene rings is 2. The molecule has 10 heteroatoms. The van der Waals surface area contributed by atoms with Gasteiger partial charge in [-0.25, -0.2) is 8.42 Å². The average Bonchev–Trinajstić information content (AvgIpc) is 2.77. The molecule has 0 radical (unpaired) electrons. The molecule has 2 aromatic carbocycles. The number of hydrogen-bond donors (Lipinski definition) is 0. The molecule has 0 bridgehead atoms. The van der Waals surface area contributed by atoms with E-state index in [0.29, 0.717) is 11.8 Å². The van der Waals surface area contributed by atoms with Gasteiger partial charge in [0.15, 0.2) is 0 Å². The summed E-state index contributed by atoms with van der Waals surface area (Å²) in [5.41, 5.74) is -0.247. The highest BCUT2D eigenvalue weighted by Crippen LogP contribution is 2.31. The van der Waals surface area contributed by atoms with Gasteiger partial charge < -0.3 is 9.64 Å². The van der Waals surface area contributed by atoms with Crippen molar-refractivity contribution in [3.63, 3.8) is 0 Å². The van der Waals surface area contributed by atoms with Crippen LogP contribution in [-0.2, 0) is 21.0 Å². The molecule has 0 unspecified atom stereocenters. The average molecular weight is 454 g/mol. The number of amides is 1. The van der Waals surface area contributed by atoms with Crippen LogP contribution in [0.2, 0.25) is 0 Å². The summed E-state index contributed by atoms with van der Waals surface area (Å²) in [6, 6.07) is 10.8. The van der Waals surface area contributed by atoms with Crippen LogP contribution in [0.25, 0.3) is 6.08 Å². The lowest BCUT2D eigenvalue weighted by Gasteiger charge is -2.33. The van der Waals surface area contributed by atoms with Crippen molar-refractivity contribution >= 4 is 22.0 Å². The molecule has 1 fully saturated rings. The van der Waals surface area contributed by atoms with E-state index in [1.165, 1.54) is 11.0 Å². The number of sulfonamides is 1. The highest BCUT2D eigenvalue weighted by molar-refractivity contribution is 7.89. The third-order valence-corrected chi connectivity index (χ3v) is 6.76. The Labute approximate surface area is 178 Å². The summed E-state index contributed by atoms with van der Waals surface area (Å²) in [6.45, 7) is 0.271. The molecule has 2 aromatic rings. The zero-order chi connectivity index (χ0) is 22.6. The van der Waals surface area contributed by atoms with Crippen LogP contribution in [0.3, 0.4) is 0 Å². The number of piperazine rings is 1. The van der Waals surface area contributed by atoms with Gasteiger partial charge in [-0.1, -0.05) is 18.2 Å². The van der Waals surface area contributed by atoms with Crippen LogP contribution in [0.15, 0.2) is 59.5 Å². The van der Waals surface area contributed by atoms with Crippen molar-refractivity contribution < 1.29 is 31.1 Å². The second kappa shape index (κ2) is 9.11. The van der Waals surface area contributed by atoms with E-state index in [1.54, 1.807) is 31.4 Å². The molecule has 1 heterocycles. The van der Waals surface area contributed by atoms with Gasteiger partial charge in [0.1, 0.15) is 5.75 Å². The molecule has 1 saturated heterocycles. The molecule has 0 saturated carbocycles. The molecular formula is C21H21F3N2O4S. The minimum atomic E-state index is -4.63. The Kier molecular flexibility index (Phi) is 6.71. The Morgan fingerprint density at radius 2 is 1.71 bits per heavy atom. The Bertz CT molecular complexity index is 1080. The summed E-state index contributed by atoms with van der Waals surface area (Å²) >= 11 is 0. The van der Waals surface area contributed by atoms with Crippen molar-refractivity contribution in [2.24, 2.45) is 0 Å². The second-order valence-electron chi connectivity index (χ2n) is 6.86. The number of nitrogens with zero attached hydrogens (tertiary/aromatic N) is 2. The van der Waals surface area contributed by atoms with Crippen molar-refractivity contribution in [3.05, 3.63) is 65.7 Å². The lowest BCUT2D eigenvalue weighted by atomic mass is 10.2. The maximum Gasteiger partial charge on any atom is 0.416 e. The first kappa shape index (κ1) is 22.8. The molecular weight excluding hydrogens is 433 g/mol. The third kappa shape index (κ3) is 5.45. The number of halogens is 3. The van der Waals surface area contributed by atoms with Crippen molar-refractivity contribution in [3.8, 4) is 5.75 Å². The normalized spacial score (nSPS) is 15.9. The molecule has 166 valence electrons. The van der Waals surface area contributed by atoms with Crippen LogP contribution >= 0.6 is 0 Å². The molecule has 1 aliphatic rings. The Morgan fingerprint density at radius 3 is 2.35 bits per heavy atom. The van der Waals surface area contributed by atoms with Crippen LogP contribution in [0.5, 0.6) is 5.75 Å². The lowest BCUT2D eigenvalue weighted by molar-refractivity contribution is -0.137. The van der Waals surface area contributed by atoms with Crippen molar-refractivity contribution in [2.45, 2.75) is 11.1 Å². The predicted octanol–water partition coefficient (Wildman–Crippen LogP) is 3.26. The van der Waals surface area contributed by atoms with Crippen LogP contribution in [0.1, 0.15) is 11.1 Å². The zero-order valence-corrected chi connectivity index (χ0v) is 17.5. The fourth-order valence-corrected chi connectivity index (χ4v) is 4.62. The molecule has 1 amide bonds. The number of carbonyl (C=O) groups is 1. The van der Waals surface area contributed by atoms with Gasteiger partial charge in [-0.2, -0.15) is 17.5 Å². The fraction of sp³-hybridized carbons (Fsp3) is 0.286. The number of carbonyl (C=O) groups excluding carboxylic acids is 1. The van der Waals surface area contributed by atoms with E-state index in [1.807, 2.05) is 6.07 Å². The minimum Gasteiger partial charge on any atom is -0.497 e. The van der Waals surface area contributed by atoms with Gasteiger partial charge in [0.2, 0.25) is 15.9 Å². The molecule has 6 nitrogen and oxygen atoms in total. The first-order valence-corrected chi connectivity index (χ1v) is 10.8. The summed E-state index contributed by atoms with van der Waals surface area (Å²) in [5, 5.41) is 0. The van der Waals surface area contributed by atoms with E-state index in [-0.39, 0.29) is 32.1 Å². The molecule has 1 aliphatic heterocycles. The molecule has 3 rings (SSSR count). The number of hydrogen-bond acceptors (Lipinski definition) is 4. The summed E-state index contributed by atoms with van der Waals surface area (Å²) in [4.78, 5) is 13.5. The summed E-state index contributed by atoms with van der Waals surface area (Å²) in [7, 11) is -2.55. The van der Waals surface area contributed by atoms with Gasteiger partial charge in [0, 0.05) is 32.3 Å². The fourth-order valence-electron chi connectivity index (χ4n) is 3.15. The van der Waals surface area contributed by atoms with Gasteiger partial charge in [-0.3, -0.25) is 4.79 Å². The lowest BCUT2D eigenvalue weighted by Crippen LogP contribution is -2.50. The van der Waals surface area contributed by atoms with Crippen LogP contribution in [-0.4, -0.2) is 56.8 Å². The zero-order valence-electron chi connectivity index (χ0n) is 16.7. The highest BCUT2D eigenvalue weighted by atomic mass is 32.2. The van der Waals surface area contributed by atoms with Gasteiger partial charge >= 0.3 is 6.18 Å². The van der Waals surface area contributed by atoms with E-state index in [9.17, 15) is 26.4 Å². The Balaban J connectivity index is 1.64. The van der Waals surface area contributed by atoms with Crippen molar-refractivity contribution in [1.29, 1.82) is 0 Å². The second-order valence-corrected chi connectivity index (χ2v) is 8.80. The van der Waals surface area contributed by atoms with E-state index in [2.05, 4.69) is 0 Å². The molecule has 0 N–H and O–H groups in total. The van der Waals surface area contributed by atoms with Crippen LogP contribution < -0.4 is 4.74 Å². The molecule has 0 aliphatic carbocycles. The van der Waals surface area contributed by atoms with Crippen LogP contribution in [0, 0.1) is 0 Å². The maximum absolute atomic E-state index is 12.9. The van der Waals surface area contributed by atoms with Crippen molar-refractivity contribution in [2.75, 3.05) is 33.3 Å². The summed E-state index contributed by atoms with van der Waals surface area (Å²) in [5.74, 6) is 0.377. The summed E-state index contributed by atoms with van der Waals surface area (Å²) < 4.78 is 70.4. The molecule has 0 aromatic heterocycles. The number of methoxy groups -OCH3 is 1. The van der Waals surface area contributed by atoms with Gasteiger partial charge in [-0.15, -0.1) is 0 Å². The smallest absolute Gasteiger partial charge is 0.416 e. The topological polar surface area (TPSA) is 66.9 Å². The largest absolute Gasteiger partial charge is 0.497 e. The monoisotopic (exact) mass is 454 g/mol. The van der Waals surface area contributed by atoms with E-state index < -0.39 is 26.7 Å². The molecule has 0 atom stereocenters. The first-order valence-electron chi connectivity index (χ1n) is 9.40. The van der Waals surface area contributed by atoms with E-state index in [4.69, 9.17) is 4.74 Å². The van der Waals surface area contributed by atoms with E-state index in [0.717, 1.165) is 28.1 Å². The molecule has 0 spiro atoms. The summed E-state index contributed by atoms with van der Waals surface area (Å²) in [6.07, 6.45) is -1.60. The van der Waals surface area contributed by atoms with E-state index >= 15 is 0 Å². The minimum absolute atomic E-state index is 0.00266. The Hall–Kier alpha value is -2.85. The quantitative estimate of drug-likeness (QED) is 0.651. The number of rotatable bonds is 5. The highest BCUT2D eigenvalue weighted by Gasteiger charge is 2.34. The third-order valence-electron chi connectivity index (χ3n) is 4.86. The van der Waals surface area contributed by atoms with Crippen LogP contribution in [0.4, 0.5) is 13.2 Å². The molecule has 31 heavy (non-hydrogen) atoms. The number of alkyl halides is 3. The standard InChI is InChI=1S/C21H21F3N2O4S/c1-30-18-6-2-4-16(14-18)8-9-20(27)25-10-12-26(13-11-25)31(28,29)19-7-3-5-17(15-19)21(22,23)24/h2-9,14-15H,10-13H2,1H3/b9-8+. The van der Waals surface area contributed by atoms with Gasteiger partial charge in [-0.05, 0) is 42.0 Å². The van der Waals surface area contributed by atoms with Crippen molar-refractivity contribution in [1.82, 2.24) is 9.21 Å². The van der Waals surface area contributed by atoms with Gasteiger partial charge in [0.25, 0.3) is 0 Å². The predicted molar refractivity (Wildman–Crippen MR) is 109 cm³/mol.